The molecule has 0 spiro atoms. The van der Waals surface area contributed by atoms with Crippen molar-refractivity contribution in [3.63, 3.8) is 0 Å². The van der Waals surface area contributed by atoms with Crippen molar-refractivity contribution in [2.45, 2.75) is 13.0 Å². The fraction of sp³-hybridized carbons (Fsp3) is 0.400. The summed E-state index contributed by atoms with van der Waals surface area (Å²) < 4.78 is 21.3. The molecule has 5 N–H and O–H groups in total. The molecule has 0 aliphatic heterocycles. The molecule has 90 valence electrons. The number of anilines is 1. The Morgan fingerprint density at radius 1 is 1.25 bits per heavy atom. The van der Waals surface area contributed by atoms with Gasteiger partial charge < -0.3 is 11.1 Å². The van der Waals surface area contributed by atoms with Crippen LogP contribution in [0, 0.1) is 0 Å². The molecule has 0 fully saturated rings. The standard InChI is InChI=1S/C10H17N3O2S/c11-10-5-2-1-4-9(10)8-13-6-3-7-16(12,14)15/h1-2,4-5,13H,3,6-8,11H2,(H2,12,14,15). The maximum Gasteiger partial charge on any atom is 0.209 e. The van der Waals surface area contributed by atoms with Crippen LogP contribution in [-0.2, 0) is 16.6 Å². The van der Waals surface area contributed by atoms with E-state index in [0.29, 0.717) is 19.5 Å². The van der Waals surface area contributed by atoms with E-state index in [9.17, 15) is 8.42 Å². The molecule has 5 nitrogen and oxygen atoms in total. The summed E-state index contributed by atoms with van der Waals surface area (Å²) in [4.78, 5) is 0. The average molecular weight is 243 g/mol. The Balaban J connectivity index is 2.24. The molecular weight excluding hydrogens is 226 g/mol. The SMILES string of the molecule is Nc1ccccc1CNCCCS(N)(=O)=O. The zero-order valence-electron chi connectivity index (χ0n) is 9.02. The van der Waals surface area contributed by atoms with Crippen molar-refractivity contribution < 1.29 is 8.42 Å². The van der Waals surface area contributed by atoms with Gasteiger partial charge in [-0.05, 0) is 24.6 Å². The molecule has 6 heteroatoms. The lowest BCUT2D eigenvalue weighted by atomic mass is 10.2. The van der Waals surface area contributed by atoms with Crippen molar-refractivity contribution in [2.75, 3.05) is 18.0 Å². The lowest BCUT2D eigenvalue weighted by molar-refractivity contribution is 0.590. The number of nitrogen functional groups attached to an aromatic ring is 1. The highest BCUT2D eigenvalue weighted by Gasteiger charge is 2.01. The lowest BCUT2D eigenvalue weighted by Gasteiger charge is -2.06. The fourth-order valence-electron chi connectivity index (χ4n) is 1.32. The smallest absolute Gasteiger partial charge is 0.209 e. The van der Waals surface area contributed by atoms with Crippen LogP contribution < -0.4 is 16.2 Å². The van der Waals surface area contributed by atoms with Crippen LogP contribution in [0.5, 0.6) is 0 Å². The first kappa shape index (κ1) is 13.0. The first-order chi connectivity index (χ1) is 7.49. The molecule has 0 heterocycles. The number of nitrogens with two attached hydrogens (primary N) is 2. The van der Waals surface area contributed by atoms with E-state index in [0.717, 1.165) is 11.3 Å². The first-order valence-electron chi connectivity index (χ1n) is 5.03. The van der Waals surface area contributed by atoms with E-state index in [1.165, 1.54) is 0 Å². The number of para-hydroxylation sites is 1. The van der Waals surface area contributed by atoms with E-state index in [1.54, 1.807) is 0 Å². The van der Waals surface area contributed by atoms with E-state index in [4.69, 9.17) is 10.9 Å². The van der Waals surface area contributed by atoms with Crippen molar-refractivity contribution in [2.24, 2.45) is 5.14 Å². The summed E-state index contributed by atoms with van der Waals surface area (Å²) in [6, 6.07) is 7.56. The third kappa shape index (κ3) is 5.11. The highest BCUT2D eigenvalue weighted by molar-refractivity contribution is 7.89. The largest absolute Gasteiger partial charge is 0.398 e. The molecule has 0 unspecified atom stereocenters. The second kappa shape index (κ2) is 5.83. The Morgan fingerprint density at radius 2 is 1.94 bits per heavy atom. The third-order valence-electron chi connectivity index (χ3n) is 2.15. The number of sulfonamides is 1. The molecule has 0 aliphatic rings. The molecule has 1 aromatic rings. The van der Waals surface area contributed by atoms with Crippen LogP contribution >= 0.6 is 0 Å². The van der Waals surface area contributed by atoms with E-state index in [1.807, 2.05) is 24.3 Å². The van der Waals surface area contributed by atoms with Gasteiger partial charge in [-0.2, -0.15) is 0 Å². The van der Waals surface area contributed by atoms with E-state index < -0.39 is 10.0 Å². The fourth-order valence-corrected chi connectivity index (χ4v) is 1.86. The van der Waals surface area contributed by atoms with Crippen LogP contribution in [-0.4, -0.2) is 20.7 Å². The van der Waals surface area contributed by atoms with Crippen LogP contribution in [0.15, 0.2) is 24.3 Å². The predicted octanol–water partition coefficient (Wildman–Crippen LogP) is 0.0370. The van der Waals surface area contributed by atoms with E-state index >= 15 is 0 Å². The summed E-state index contributed by atoms with van der Waals surface area (Å²) >= 11 is 0. The molecule has 0 bridgehead atoms. The molecular formula is C10H17N3O2S. The molecule has 0 aliphatic carbocycles. The highest BCUT2D eigenvalue weighted by atomic mass is 32.2. The van der Waals surface area contributed by atoms with Crippen molar-refractivity contribution in [3.8, 4) is 0 Å². The summed E-state index contributed by atoms with van der Waals surface area (Å²) in [6.07, 6.45) is 0.506. The number of hydrogen-bond acceptors (Lipinski definition) is 4. The Morgan fingerprint density at radius 3 is 2.56 bits per heavy atom. The maximum absolute atomic E-state index is 10.6. The highest BCUT2D eigenvalue weighted by Crippen LogP contribution is 2.09. The molecule has 0 saturated heterocycles. The number of primary sulfonamides is 1. The Hall–Kier alpha value is -1.11. The monoisotopic (exact) mass is 243 g/mol. The molecule has 0 atom stereocenters. The molecule has 0 radical (unpaired) electrons. The topological polar surface area (TPSA) is 98.2 Å². The number of nitrogens with one attached hydrogen (secondary N) is 1. The van der Waals surface area contributed by atoms with Gasteiger partial charge in [0.1, 0.15) is 0 Å². The summed E-state index contributed by atoms with van der Waals surface area (Å²) in [6.45, 7) is 1.24. The zero-order valence-corrected chi connectivity index (χ0v) is 9.83. The van der Waals surface area contributed by atoms with Crippen molar-refractivity contribution in [1.29, 1.82) is 0 Å². The van der Waals surface area contributed by atoms with Gasteiger partial charge in [0.05, 0.1) is 5.75 Å². The third-order valence-corrected chi connectivity index (χ3v) is 3.01. The molecule has 0 aromatic heterocycles. The maximum atomic E-state index is 10.6. The minimum atomic E-state index is -3.34. The minimum absolute atomic E-state index is 0.00424. The predicted molar refractivity (Wildman–Crippen MR) is 65.2 cm³/mol. The van der Waals surface area contributed by atoms with Gasteiger partial charge in [-0.1, -0.05) is 18.2 Å². The Bertz CT molecular complexity index is 431. The summed E-state index contributed by atoms with van der Waals surface area (Å²) in [5, 5.41) is 7.99. The first-order valence-corrected chi connectivity index (χ1v) is 6.75. The van der Waals surface area contributed by atoms with E-state index in [-0.39, 0.29) is 5.75 Å². The second-order valence-electron chi connectivity index (χ2n) is 3.60. The van der Waals surface area contributed by atoms with Gasteiger partial charge in [0.2, 0.25) is 10.0 Å². The number of hydrogen-bond donors (Lipinski definition) is 3. The summed E-state index contributed by atoms with van der Waals surface area (Å²) in [7, 11) is -3.34. The normalized spacial score (nSPS) is 11.6. The molecule has 0 amide bonds. The van der Waals surface area contributed by atoms with Gasteiger partial charge in [0.25, 0.3) is 0 Å². The van der Waals surface area contributed by atoms with Gasteiger partial charge >= 0.3 is 0 Å². The average Bonchev–Trinajstić information content (AvgIpc) is 2.18. The van der Waals surface area contributed by atoms with Gasteiger partial charge in [0.15, 0.2) is 0 Å². The summed E-state index contributed by atoms with van der Waals surface area (Å²) in [5.41, 5.74) is 7.50. The Labute approximate surface area is 95.9 Å². The van der Waals surface area contributed by atoms with Crippen LogP contribution in [0.2, 0.25) is 0 Å². The quantitative estimate of drug-likeness (QED) is 0.485. The van der Waals surface area contributed by atoms with Gasteiger partial charge in [-0.25, -0.2) is 13.6 Å². The van der Waals surface area contributed by atoms with Gasteiger partial charge in [0, 0.05) is 12.2 Å². The summed E-state index contributed by atoms with van der Waals surface area (Å²) in [5.74, 6) is 0.00424. The molecule has 1 rings (SSSR count). The van der Waals surface area contributed by atoms with Crippen LogP contribution in [0.4, 0.5) is 5.69 Å². The van der Waals surface area contributed by atoms with Crippen LogP contribution in [0.3, 0.4) is 0 Å². The second-order valence-corrected chi connectivity index (χ2v) is 5.33. The molecule has 0 saturated carbocycles. The molecule has 16 heavy (non-hydrogen) atoms. The van der Waals surface area contributed by atoms with Gasteiger partial charge in [-0.3, -0.25) is 0 Å². The minimum Gasteiger partial charge on any atom is -0.398 e. The number of rotatable bonds is 6. The molecule has 1 aromatic carbocycles. The van der Waals surface area contributed by atoms with Gasteiger partial charge in [-0.15, -0.1) is 0 Å². The van der Waals surface area contributed by atoms with Crippen molar-refractivity contribution >= 4 is 15.7 Å². The van der Waals surface area contributed by atoms with Crippen LogP contribution in [0.1, 0.15) is 12.0 Å². The van der Waals surface area contributed by atoms with Crippen LogP contribution in [0.25, 0.3) is 0 Å². The van der Waals surface area contributed by atoms with Crippen molar-refractivity contribution in [3.05, 3.63) is 29.8 Å². The Kier molecular flexibility index (Phi) is 4.72. The number of benzene rings is 1. The van der Waals surface area contributed by atoms with E-state index in [2.05, 4.69) is 5.32 Å². The lowest BCUT2D eigenvalue weighted by Crippen LogP contribution is -2.22. The van der Waals surface area contributed by atoms with Crippen molar-refractivity contribution in [1.82, 2.24) is 5.32 Å². The zero-order chi connectivity index (χ0) is 12.0.